The molecule has 0 spiro atoms. The molecular weight excluding hydrogens is 284 g/mol. The van der Waals surface area contributed by atoms with Crippen molar-refractivity contribution in [1.29, 1.82) is 0 Å². The maximum Gasteiger partial charge on any atom is 0.240 e. The molecule has 0 radical (unpaired) electrons. The standard InChI is InChI=1S/C13H19ClN2O2S/c1-9-2-3-10(6-9)8-16-19(17,18)11-4-5-12(14)13(15)7-11/h4-5,7,9-10,16H,2-3,6,8,15H2,1H3. The molecule has 0 saturated heterocycles. The van der Waals surface area contributed by atoms with E-state index in [0.717, 1.165) is 12.8 Å². The molecule has 0 bridgehead atoms. The Morgan fingerprint density at radius 3 is 2.74 bits per heavy atom. The van der Waals surface area contributed by atoms with Gasteiger partial charge in [-0.1, -0.05) is 24.9 Å². The molecule has 2 rings (SSSR count). The van der Waals surface area contributed by atoms with Crippen molar-refractivity contribution >= 4 is 27.3 Å². The van der Waals surface area contributed by atoms with Crippen LogP contribution in [0.4, 0.5) is 5.69 Å². The van der Waals surface area contributed by atoms with Crippen LogP contribution in [0.3, 0.4) is 0 Å². The van der Waals surface area contributed by atoms with Crippen LogP contribution in [-0.4, -0.2) is 15.0 Å². The number of hydrogen-bond donors (Lipinski definition) is 2. The summed E-state index contributed by atoms with van der Waals surface area (Å²) in [5.41, 5.74) is 5.91. The van der Waals surface area contributed by atoms with Crippen molar-refractivity contribution < 1.29 is 8.42 Å². The Bertz CT molecular complexity index is 560. The van der Waals surface area contributed by atoms with E-state index in [4.69, 9.17) is 17.3 Å². The van der Waals surface area contributed by atoms with Crippen LogP contribution in [0.1, 0.15) is 26.2 Å². The van der Waals surface area contributed by atoms with Crippen LogP contribution in [0, 0.1) is 11.8 Å². The molecule has 19 heavy (non-hydrogen) atoms. The molecule has 1 saturated carbocycles. The van der Waals surface area contributed by atoms with E-state index in [1.54, 1.807) is 0 Å². The molecule has 0 amide bonds. The quantitative estimate of drug-likeness (QED) is 0.840. The van der Waals surface area contributed by atoms with Crippen LogP contribution in [0.15, 0.2) is 23.1 Å². The highest BCUT2D eigenvalue weighted by molar-refractivity contribution is 7.89. The molecule has 1 aromatic carbocycles. The molecule has 0 aromatic heterocycles. The third kappa shape index (κ3) is 3.61. The molecule has 1 aliphatic rings. The third-order valence-corrected chi connectivity index (χ3v) is 5.41. The summed E-state index contributed by atoms with van der Waals surface area (Å²) in [7, 11) is -3.49. The fourth-order valence-corrected chi connectivity index (χ4v) is 3.78. The SMILES string of the molecule is CC1CCC(CNS(=O)(=O)c2ccc(Cl)c(N)c2)C1. The maximum atomic E-state index is 12.1. The van der Waals surface area contributed by atoms with Gasteiger partial charge in [0.1, 0.15) is 0 Å². The lowest BCUT2D eigenvalue weighted by atomic mass is 10.1. The molecule has 0 aliphatic heterocycles. The van der Waals surface area contributed by atoms with Crippen molar-refractivity contribution in [2.45, 2.75) is 31.1 Å². The van der Waals surface area contributed by atoms with Gasteiger partial charge in [0.25, 0.3) is 0 Å². The zero-order valence-electron chi connectivity index (χ0n) is 10.9. The first-order valence-electron chi connectivity index (χ1n) is 6.43. The van der Waals surface area contributed by atoms with Gasteiger partial charge in [0.2, 0.25) is 10.0 Å². The van der Waals surface area contributed by atoms with E-state index in [2.05, 4.69) is 11.6 Å². The topological polar surface area (TPSA) is 72.2 Å². The normalized spacial score (nSPS) is 23.7. The highest BCUT2D eigenvalue weighted by atomic mass is 35.5. The predicted molar refractivity (Wildman–Crippen MR) is 77.6 cm³/mol. The Balaban J connectivity index is 2.03. The second kappa shape index (κ2) is 5.69. The van der Waals surface area contributed by atoms with Crippen molar-refractivity contribution in [1.82, 2.24) is 4.72 Å². The smallest absolute Gasteiger partial charge is 0.240 e. The summed E-state index contributed by atoms with van der Waals surface area (Å²) < 4.78 is 26.9. The molecule has 106 valence electrons. The Hall–Kier alpha value is -0.780. The molecule has 1 aliphatic carbocycles. The Labute approximate surface area is 119 Å². The minimum absolute atomic E-state index is 0.167. The summed E-state index contributed by atoms with van der Waals surface area (Å²) in [5.74, 6) is 1.13. The van der Waals surface area contributed by atoms with E-state index in [1.165, 1.54) is 24.6 Å². The van der Waals surface area contributed by atoms with Crippen molar-refractivity contribution in [3.63, 3.8) is 0 Å². The van der Waals surface area contributed by atoms with Gasteiger partial charge < -0.3 is 5.73 Å². The summed E-state index contributed by atoms with van der Waals surface area (Å²) in [4.78, 5) is 0.167. The van der Waals surface area contributed by atoms with Gasteiger partial charge in [-0.25, -0.2) is 13.1 Å². The van der Waals surface area contributed by atoms with Crippen LogP contribution in [-0.2, 0) is 10.0 Å². The minimum atomic E-state index is -3.49. The second-order valence-corrected chi connectivity index (χ2v) is 7.49. The van der Waals surface area contributed by atoms with Gasteiger partial charge in [-0.2, -0.15) is 0 Å². The van der Waals surface area contributed by atoms with Gasteiger partial charge in [-0.15, -0.1) is 0 Å². The van der Waals surface area contributed by atoms with Crippen LogP contribution in [0.25, 0.3) is 0 Å². The van der Waals surface area contributed by atoms with Gasteiger partial charge >= 0.3 is 0 Å². The molecule has 1 fully saturated rings. The van der Waals surface area contributed by atoms with Gasteiger partial charge in [0.05, 0.1) is 15.6 Å². The Kier molecular flexibility index (Phi) is 4.38. The zero-order valence-corrected chi connectivity index (χ0v) is 12.5. The first-order valence-corrected chi connectivity index (χ1v) is 8.29. The molecule has 6 heteroatoms. The maximum absolute atomic E-state index is 12.1. The molecule has 2 atom stereocenters. The number of hydrogen-bond acceptors (Lipinski definition) is 3. The lowest BCUT2D eigenvalue weighted by Crippen LogP contribution is -2.28. The number of anilines is 1. The number of nitrogens with two attached hydrogens (primary N) is 1. The summed E-state index contributed by atoms with van der Waals surface area (Å²) in [6, 6.07) is 4.36. The number of nitrogen functional groups attached to an aromatic ring is 1. The van der Waals surface area contributed by atoms with Crippen LogP contribution in [0.5, 0.6) is 0 Å². The van der Waals surface area contributed by atoms with E-state index in [0.29, 0.717) is 23.4 Å². The van der Waals surface area contributed by atoms with E-state index in [-0.39, 0.29) is 10.6 Å². The third-order valence-electron chi connectivity index (χ3n) is 3.64. The summed E-state index contributed by atoms with van der Waals surface area (Å²) >= 11 is 5.79. The van der Waals surface area contributed by atoms with E-state index >= 15 is 0 Å². The van der Waals surface area contributed by atoms with Crippen molar-refractivity contribution in [3.8, 4) is 0 Å². The molecule has 1 aromatic rings. The summed E-state index contributed by atoms with van der Waals surface area (Å²) in [6.07, 6.45) is 3.36. The average Bonchev–Trinajstić information content (AvgIpc) is 2.76. The second-order valence-electron chi connectivity index (χ2n) is 5.32. The molecule has 2 unspecified atom stereocenters. The minimum Gasteiger partial charge on any atom is -0.397 e. The van der Waals surface area contributed by atoms with Gasteiger partial charge in [-0.05, 0) is 42.9 Å². The Morgan fingerprint density at radius 2 is 2.16 bits per heavy atom. The van der Waals surface area contributed by atoms with E-state index < -0.39 is 10.0 Å². The monoisotopic (exact) mass is 302 g/mol. The van der Waals surface area contributed by atoms with Gasteiger partial charge in [-0.3, -0.25) is 0 Å². The largest absolute Gasteiger partial charge is 0.397 e. The Morgan fingerprint density at radius 1 is 1.42 bits per heavy atom. The fraction of sp³-hybridized carbons (Fsp3) is 0.538. The van der Waals surface area contributed by atoms with E-state index in [9.17, 15) is 8.42 Å². The molecule has 0 heterocycles. The summed E-state index contributed by atoms with van der Waals surface area (Å²) in [5, 5.41) is 0.364. The lowest BCUT2D eigenvalue weighted by molar-refractivity contribution is 0.498. The lowest BCUT2D eigenvalue weighted by Gasteiger charge is -2.12. The van der Waals surface area contributed by atoms with Crippen LogP contribution < -0.4 is 10.5 Å². The van der Waals surface area contributed by atoms with Crippen molar-refractivity contribution in [2.75, 3.05) is 12.3 Å². The molecular formula is C13H19ClN2O2S. The molecule has 4 nitrogen and oxygen atoms in total. The molecule has 3 N–H and O–H groups in total. The predicted octanol–water partition coefficient (Wildman–Crippen LogP) is 2.64. The highest BCUT2D eigenvalue weighted by Gasteiger charge is 2.23. The van der Waals surface area contributed by atoms with Crippen LogP contribution >= 0.6 is 11.6 Å². The number of sulfonamides is 1. The number of halogens is 1. The summed E-state index contributed by atoms with van der Waals surface area (Å²) in [6.45, 7) is 2.70. The first-order chi connectivity index (χ1) is 8.88. The number of rotatable bonds is 4. The fourth-order valence-electron chi connectivity index (χ4n) is 2.51. The van der Waals surface area contributed by atoms with Gasteiger partial charge in [0.15, 0.2) is 0 Å². The van der Waals surface area contributed by atoms with Crippen molar-refractivity contribution in [3.05, 3.63) is 23.2 Å². The highest BCUT2D eigenvalue weighted by Crippen LogP contribution is 2.30. The zero-order chi connectivity index (χ0) is 14.0. The van der Waals surface area contributed by atoms with Crippen molar-refractivity contribution in [2.24, 2.45) is 11.8 Å². The first kappa shape index (κ1) is 14.6. The van der Waals surface area contributed by atoms with Crippen LogP contribution in [0.2, 0.25) is 5.02 Å². The van der Waals surface area contributed by atoms with E-state index in [1.807, 2.05) is 0 Å². The number of nitrogens with one attached hydrogen (secondary N) is 1. The average molecular weight is 303 g/mol. The number of benzene rings is 1. The van der Waals surface area contributed by atoms with Gasteiger partial charge in [0, 0.05) is 6.54 Å².